The van der Waals surface area contributed by atoms with E-state index in [1.54, 1.807) is 29.8 Å². The molecular weight excluding hydrogens is 585 g/mol. The van der Waals surface area contributed by atoms with E-state index in [-0.39, 0.29) is 12.3 Å². The number of aryl methyl sites for hydroxylation is 1. The number of amides is 1. The molecule has 0 saturated heterocycles. The number of anilines is 3. The molecule has 8 heteroatoms. The number of carbonyl (C=O) groups is 1. The van der Waals surface area contributed by atoms with Gasteiger partial charge >= 0.3 is 0 Å². The molecule has 0 bridgehead atoms. The first-order chi connectivity index (χ1) is 21.6. The predicted molar refractivity (Wildman–Crippen MR) is 191 cm³/mol. The molecule has 44 heavy (non-hydrogen) atoms. The molecule has 1 amide bonds. The van der Waals surface area contributed by atoms with Gasteiger partial charge < -0.3 is 15.4 Å². The number of nitrogens with zero attached hydrogens (tertiary/aromatic N) is 2. The standard InChI is InChI=1S/C28H28N4O2S.C4H4S.2C2H6/c1-4-8-22-23(5-2)31-27(20-15-16-35-18-20)32-28(22)29-21-13-11-19(12-14-21)17-26(33)30-24-9-6-7-10-25(24)34-3;1-2-4-5-3-1;2*1-2/h4,6-7,9-16,18H,1,5,8,17H2,2-3H3,(H,30,33)(H,29,31,32);1-4H;2*1-2H3. The minimum atomic E-state index is -0.104. The number of carbonyl (C=O) groups excluding carboxylic acids is 1. The van der Waals surface area contributed by atoms with Crippen LogP contribution in [0.5, 0.6) is 5.75 Å². The molecule has 2 aromatic carbocycles. The van der Waals surface area contributed by atoms with Crippen molar-refractivity contribution in [1.29, 1.82) is 0 Å². The SMILES string of the molecule is C=CCc1c(CC)nc(-c2ccsc2)nc1Nc1ccc(CC(=O)Nc2ccccc2OC)cc1.CC.CC.c1ccsc1. The molecule has 3 aromatic heterocycles. The fraction of sp³-hybridized carbons (Fsp3) is 0.250. The highest BCUT2D eigenvalue weighted by molar-refractivity contribution is 7.08. The van der Waals surface area contributed by atoms with Crippen molar-refractivity contribution in [2.24, 2.45) is 0 Å². The summed E-state index contributed by atoms with van der Waals surface area (Å²) < 4.78 is 5.31. The smallest absolute Gasteiger partial charge is 0.228 e. The zero-order valence-corrected chi connectivity index (χ0v) is 28.2. The van der Waals surface area contributed by atoms with Crippen molar-refractivity contribution in [3.63, 3.8) is 0 Å². The molecule has 0 unspecified atom stereocenters. The highest BCUT2D eigenvalue weighted by Gasteiger charge is 2.15. The zero-order chi connectivity index (χ0) is 32.2. The van der Waals surface area contributed by atoms with Gasteiger partial charge in [0.2, 0.25) is 5.91 Å². The molecule has 0 saturated carbocycles. The summed E-state index contributed by atoms with van der Waals surface area (Å²) in [5.41, 5.74) is 5.51. The van der Waals surface area contributed by atoms with E-state index >= 15 is 0 Å². The summed E-state index contributed by atoms with van der Waals surface area (Å²) in [5.74, 6) is 2.02. The highest BCUT2D eigenvalue weighted by Crippen LogP contribution is 2.28. The van der Waals surface area contributed by atoms with E-state index in [1.165, 1.54) is 0 Å². The number of methoxy groups -OCH3 is 1. The molecule has 2 N–H and O–H groups in total. The second kappa shape index (κ2) is 20.6. The summed E-state index contributed by atoms with van der Waals surface area (Å²) >= 11 is 3.34. The Morgan fingerprint density at radius 2 is 1.61 bits per heavy atom. The van der Waals surface area contributed by atoms with E-state index < -0.39 is 0 Å². The van der Waals surface area contributed by atoms with Gasteiger partial charge in [0.25, 0.3) is 0 Å². The van der Waals surface area contributed by atoms with Crippen molar-refractivity contribution in [2.75, 3.05) is 17.7 Å². The quantitative estimate of drug-likeness (QED) is 0.151. The number of hydrogen-bond acceptors (Lipinski definition) is 7. The van der Waals surface area contributed by atoms with Gasteiger partial charge in [-0.2, -0.15) is 22.7 Å². The number of aromatic nitrogens is 2. The Kier molecular flexibility index (Phi) is 16.8. The normalized spacial score (nSPS) is 9.59. The van der Waals surface area contributed by atoms with E-state index in [0.29, 0.717) is 23.7 Å². The van der Waals surface area contributed by atoms with Crippen molar-refractivity contribution < 1.29 is 9.53 Å². The van der Waals surface area contributed by atoms with Gasteiger partial charge in [0.15, 0.2) is 5.82 Å². The highest BCUT2D eigenvalue weighted by atomic mass is 32.1. The average Bonchev–Trinajstić information content (AvgIpc) is 3.83. The minimum Gasteiger partial charge on any atom is -0.495 e. The molecule has 0 aliphatic carbocycles. The molecule has 5 aromatic rings. The van der Waals surface area contributed by atoms with Crippen molar-refractivity contribution >= 4 is 45.8 Å². The number of allylic oxidation sites excluding steroid dienone is 1. The Hall–Kier alpha value is -4.27. The molecule has 0 radical (unpaired) electrons. The van der Waals surface area contributed by atoms with Crippen LogP contribution in [0, 0.1) is 0 Å². The second-order valence-corrected chi connectivity index (χ2v) is 10.3. The lowest BCUT2D eigenvalue weighted by Gasteiger charge is -2.15. The lowest BCUT2D eigenvalue weighted by molar-refractivity contribution is -0.115. The Balaban J connectivity index is 0.000000660. The van der Waals surface area contributed by atoms with Crippen LogP contribution in [0.2, 0.25) is 0 Å². The number of nitrogens with one attached hydrogen (secondary N) is 2. The Labute approximate surface area is 270 Å². The van der Waals surface area contributed by atoms with Crippen molar-refractivity contribution in [3.05, 3.63) is 118 Å². The van der Waals surface area contributed by atoms with Crippen LogP contribution in [-0.4, -0.2) is 23.0 Å². The molecular formula is C36H44N4O2S2. The van der Waals surface area contributed by atoms with Gasteiger partial charge in [-0.05, 0) is 64.9 Å². The first-order valence-electron chi connectivity index (χ1n) is 14.9. The first kappa shape index (κ1) is 35.9. The summed E-state index contributed by atoms with van der Waals surface area (Å²) in [6.07, 6.45) is 3.61. The monoisotopic (exact) mass is 628 g/mol. The van der Waals surface area contributed by atoms with Gasteiger partial charge in [-0.25, -0.2) is 9.97 Å². The van der Waals surface area contributed by atoms with Gasteiger partial charge in [0.05, 0.1) is 19.2 Å². The molecule has 0 spiro atoms. The van der Waals surface area contributed by atoms with Crippen molar-refractivity contribution in [3.8, 4) is 17.1 Å². The van der Waals surface area contributed by atoms with Gasteiger partial charge in [0, 0.05) is 27.9 Å². The van der Waals surface area contributed by atoms with Crippen LogP contribution < -0.4 is 15.4 Å². The number of benzene rings is 2. The molecule has 0 aliphatic heterocycles. The Morgan fingerprint density at radius 3 is 2.18 bits per heavy atom. The number of ether oxygens (including phenoxy) is 1. The summed E-state index contributed by atoms with van der Waals surface area (Å²) in [6.45, 7) is 14.0. The van der Waals surface area contributed by atoms with Gasteiger partial charge in [-0.3, -0.25) is 4.79 Å². The predicted octanol–water partition coefficient (Wildman–Crippen LogP) is 10.2. The number of rotatable bonds is 10. The molecule has 0 fully saturated rings. The maximum Gasteiger partial charge on any atom is 0.228 e. The number of para-hydroxylation sites is 2. The second-order valence-electron chi connectivity index (χ2n) is 8.72. The van der Waals surface area contributed by atoms with E-state index in [0.717, 1.165) is 40.3 Å². The molecule has 232 valence electrons. The maximum atomic E-state index is 12.6. The summed E-state index contributed by atoms with van der Waals surface area (Å²) in [6, 6.07) is 21.2. The van der Waals surface area contributed by atoms with Crippen molar-refractivity contribution in [1.82, 2.24) is 9.97 Å². The lowest BCUT2D eigenvalue weighted by Crippen LogP contribution is -2.15. The van der Waals surface area contributed by atoms with Gasteiger partial charge in [0.1, 0.15) is 11.6 Å². The van der Waals surface area contributed by atoms with Crippen LogP contribution >= 0.6 is 22.7 Å². The van der Waals surface area contributed by atoms with E-state index in [4.69, 9.17) is 14.7 Å². The minimum absolute atomic E-state index is 0.104. The van der Waals surface area contributed by atoms with E-state index in [2.05, 4.69) is 29.5 Å². The molecule has 0 atom stereocenters. The number of hydrogen-bond donors (Lipinski definition) is 2. The lowest BCUT2D eigenvalue weighted by atomic mass is 10.1. The van der Waals surface area contributed by atoms with Gasteiger partial charge in [-0.15, -0.1) is 6.58 Å². The molecule has 5 rings (SSSR count). The number of thiophene rings is 2. The molecule has 6 nitrogen and oxygen atoms in total. The average molecular weight is 629 g/mol. The van der Waals surface area contributed by atoms with E-state index in [9.17, 15) is 4.79 Å². The largest absolute Gasteiger partial charge is 0.495 e. The van der Waals surface area contributed by atoms with Crippen LogP contribution in [0.1, 0.15) is 51.4 Å². The van der Waals surface area contributed by atoms with Crippen LogP contribution in [0.15, 0.2) is 101 Å². The summed E-state index contributed by atoms with van der Waals surface area (Å²) in [5, 5.41) is 14.5. The van der Waals surface area contributed by atoms with Crippen LogP contribution in [-0.2, 0) is 24.1 Å². The van der Waals surface area contributed by atoms with E-state index in [1.807, 2.05) is 117 Å². The summed E-state index contributed by atoms with van der Waals surface area (Å²) in [4.78, 5) is 22.2. The maximum absolute atomic E-state index is 12.6. The van der Waals surface area contributed by atoms with Crippen LogP contribution in [0.4, 0.5) is 17.2 Å². The summed E-state index contributed by atoms with van der Waals surface area (Å²) in [7, 11) is 1.58. The third-order valence-electron chi connectivity index (χ3n) is 5.94. The third-order valence-corrected chi connectivity index (χ3v) is 7.26. The van der Waals surface area contributed by atoms with Crippen LogP contribution in [0.25, 0.3) is 11.4 Å². The Bertz CT molecular complexity index is 1480. The molecule has 0 aliphatic rings. The Morgan fingerprint density at radius 1 is 0.909 bits per heavy atom. The zero-order valence-electron chi connectivity index (χ0n) is 26.6. The fourth-order valence-electron chi connectivity index (χ4n) is 4.00. The molecule has 3 heterocycles. The van der Waals surface area contributed by atoms with Crippen LogP contribution in [0.3, 0.4) is 0 Å². The van der Waals surface area contributed by atoms with Gasteiger partial charge in [-0.1, -0.05) is 77.1 Å². The topological polar surface area (TPSA) is 76.1 Å². The third kappa shape index (κ3) is 11.1. The first-order valence-corrected chi connectivity index (χ1v) is 16.8. The van der Waals surface area contributed by atoms with Crippen molar-refractivity contribution in [2.45, 2.75) is 53.9 Å². The fourth-order valence-corrected chi connectivity index (χ4v) is 5.09.